The molecule has 0 amide bonds. The van der Waals surface area contributed by atoms with Crippen molar-refractivity contribution in [2.24, 2.45) is 0 Å². The van der Waals surface area contributed by atoms with Gasteiger partial charge in [-0.05, 0) is 132 Å². The Morgan fingerprint density at radius 2 is 0.871 bits per heavy atom. The summed E-state index contributed by atoms with van der Waals surface area (Å²) >= 11 is 0. The van der Waals surface area contributed by atoms with E-state index in [0.717, 1.165) is 28.6 Å². The number of allylic oxidation sites excluding steroid dienone is 1. The fraction of sp³-hybridized carbons (Fsp3) is 0.0508. The Bertz CT molecular complexity index is 3260. The molecule has 292 valence electrons. The highest BCUT2D eigenvalue weighted by molar-refractivity contribution is 5.96. The van der Waals surface area contributed by atoms with E-state index in [0.29, 0.717) is 0 Å². The molecule has 0 bridgehead atoms. The number of benzene rings is 9. The predicted octanol–water partition coefficient (Wildman–Crippen LogP) is 14.3. The molecule has 0 N–H and O–H groups in total. The minimum atomic E-state index is -0.439. The van der Waals surface area contributed by atoms with Gasteiger partial charge in [-0.25, -0.2) is 0 Å². The van der Waals surface area contributed by atoms with Crippen LogP contribution in [-0.2, 0) is 5.41 Å². The van der Waals surface area contributed by atoms with Crippen LogP contribution in [0.4, 0.5) is 11.4 Å². The standard InChI is InChI=1S/C59H39NO2/c1-2-12-38(13-3-1)40-22-24-41(25-23-40)42-26-29-44(30-27-42)60(45-31-28-39-14-4-5-15-43(39)34-45)46-32-33-55-56(35-46)62-57-36-50-49-18-8-11-21-53(49)59(54(50)37-58(57)61-55)51-19-9-6-16-47(51)48-17-7-10-20-52(48)59/h1-37,55-56H. The molecule has 1 spiro atoms. The van der Waals surface area contributed by atoms with E-state index in [1.807, 2.05) is 0 Å². The summed E-state index contributed by atoms with van der Waals surface area (Å²) in [7, 11) is 0. The number of rotatable bonds is 5. The molecule has 9 aromatic carbocycles. The summed E-state index contributed by atoms with van der Waals surface area (Å²) in [5.74, 6) is 1.54. The van der Waals surface area contributed by atoms with Gasteiger partial charge in [0.15, 0.2) is 23.7 Å². The van der Waals surface area contributed by atoms with E-state index in [2.05, 4.69) is 229 Å². The summed E-state index contributed by atoms with van der Waals surface area (Å²) in [4.78, 5) is 2.33. The molecule has 1 aliphatic heterocycles. The van der Waals surface area contributed by atoms with Crippen LogP contribution in [0.1, 0.15) is 22.3 Å². The molecule has 13 rings (SSSR count). The summed E-state index contributed by atoms with van der Waals surface area (Å²) in [5, 5.41) is 2.40. The fourth-order valence-corrected chi connectivity index (χ4v) is 10.6. The lowest BCUT2D eigenvalue weighted by Gasteiger charge is -2.37. The van der Waals surface area contributed by atoms with E-state index < -0.39 is 5.41 Å². The normalized spacial score (nSPS) is 16.8. The van der Waals surface area contributed by atoms with Gasteiger partial charge in [0.25, 0.3) is 0 Å². The van der Waals surface area contributed by atoms with Crippen molar-refractivity contribution in [3.05, 3.63) is 252 Å². The van der Waals surface area contributed by atoms with Gasteiger partial charge in [-0.15, -0.1) is 0 Å². The average Bonchev–Trinajstić information content (AvgIpc) is 3.80. The third-order valence-electron chi connectivity index (χ3n) is 13.4. The van der Waals surface area contributed by atoms with Crippen LogP contribution in [0, 0.1) is 0 Å². The largest absolute Gasteiger partial charge is 0.478 e. The molecule has 0 saturated heterocycles. The highest BCUT2D eigenvalue weighted by Crippen LogP contribution is 2.64. The molecule has 3 heteroatoms. The summed E-state index contributed by atoms with van der Waals surface area (Å²) in [6.45, 7) is 0. The third kappa shape index (κ3) is 5.18. The first-order valence-corrected chi connectivity index (χ1v) is 21.5. The Balaban J connectivity index is 0.880. The molecule has 0 radical (unpaired) electrons. The van der Waals surface area contributed by atoms with E-state index >= 15 is 0 Å². The molecule has 9 aromatic rings. The molecule has 3 nitrogen and oxygen atoms in total. The van der Waals surface area contributed by atoms with Crippen molar-refractivity contribution in [2.75, 3.05) is 4.90 Å². The molecule has 1 heterocycles. The Labute approximate surface area is 361 Å². The van der Waals surface area contributed by atoms with Gasteiger partial charge in [-0.2, -0.15) is 0 Å². The molecular weight excluding hydrogens is 755 g/mol. The number of ether oxygens (including phenoxy) is 2. The van der Waals surface area contributed by atoms with E-state index in [4.69, 9.17) is 9.47 Å². The first kappa shape index (κ1) is 34.9. The number of nitrogens with zero attached hydrogens (tertiary/aromatic N) is 1. The lowest BCUT2D eigenvalue weighted by molar-refractivity contribution is 0.0748. The van der Waals surface area contributed by atoms with Gasteiger partial charge in [0.2, 0.25) is 0 Å². The van der Waals surface area contributed by atoms with E-state index in [1.54, 1.807) is 0 Å². The number of fused-ring (bicyclic) bond motifs is 13. The SMILES string of the molecule is C1=CC2Oc3cc4c(cc3OC2C=C1N(c1ccc(-c2ccc(-c3ccccc3)cc2)cc1)c1ccc2ccccc2c1)-c1ccccc1C41c2ccccc2-c2ccccc21. The van der Waals surface area contributed by atoms with E-state index in [-0.39, 0.29) is 12.2 Å². The lowest BCUT2D eigenvalue weighted by atomic mass is 9.70. The van der Waals surface area contributed by atoms with Crippen molar-refractivity contribution in [3.8, 4) is 56.0 Å². The van der Waals surface area contributed by atoms with Crippen molar-refractivity contribution in [2.45, 2.75) is 17.6 Å². The molecule has 2 atom stereocenters. The minimum Gasteiger partial charge on any atom is -0.478 e. The van der Waals surface area contributed by atoms with Crippen LogP contribution in [0.3, 0.4) is 0 Å². The monoisotopic (exact) mass is 793 g/mol. The highest BCUT2D eigenvalue weighted by atomic mass is 16.6. The van der Waals surface area contributed by atoms with E-state index in [1.165, 1.54) is 77.5 Å². The van der Waals surface area contributed by atoms with Gasteiger partial charge in [-0.3, -0.25) is 0 Å². The Morgan fingerprint density at radius 3 is 1.53 bits per heavy atom. The third-order valence-corrected chi connectivity index (χ3v) is 13.4. The van der Waals surface area contributed by atoms with Crippen molar-refractivity contribution >= 4 is 22.1 Å². The van der Waals surface area contributed by atoms with Gasteiger partial charge in [-0.1, -0.05) is 170 Å². The van der Waals surface area contributed by atoms with Crippen molar-refractivity contribution in [1.82, 2.24) is 0 Å². The van der Waals surface area contributed by atoms with Crippen LogP contribution in [-0.4, -0.2) is 12.2 Å². The van der Waals surface area contributed by atoms with E-state index in [9.17, 15) is 0 Å². The zero-order valence-electron chi connectivity index (χ0n) is 33.8. The molecule has 4 aliphatic rings. The molecule has 0 saturated carbocycles. The quantitative estimate of drug-likeness (QED) is 0.173. The topological polar surface area (TPSA) is 21.7 Å². The maximum atomic E-state index is 7.03. The van der Waals surface area contributed by atoms with Gasteiger partial charge < -0.3 is 14.4 Å². The highest BCUT2D eigenvalue weighted by Gasteiger charge is 2.52. The number of hydrogen-bond acceptors (Lipinski definition) is 3. The Morgan fingerprint density at radius 1 is 0.371 bits per heavy atom. The number of hydrogen-bond donors (Lipinski definition) is 0. The van der Waals surface area contributed by atoms with Gasteiger partial charge in [0, 0.05) is 17.1 Å². The molecule has 62 heavy (non-hydrogen) atoms. The van der Waals surface area contributed by atoms with Crippen molar-refractivity contribution < 1.29 is 9.47 Å². The second-order valence-electron chi connectivity index (χ2n) is 16.7. The summed E-state index contributed by atoms with van der Waals surface area (Å²) in [6, 6.07) is 74.7. The van der Waals surface area contributed by atoms with Crippen LogP contribution in [0.25, 0.3) is 55.3 Å². The van der Waals surface area contributed by atoms with Gasteiger partial charge >= 0.3 is 0 Å². The Kier molecular flexibility index (Phi) is 7.65. The molecule has 3 aliphatic carbocycles. The summed E-state index contributed by atoms with van der Waals surface area (Å²) < 4.78 is 14.0. The van der Waals surface area contributed by atoms with Gasteiger partial charge in [0.1, 0.15) is 0 Å². The van der Waals surface area contributed by atoms with Crippen molar-refractivity contribution in [3.63, 3.8) is 0 Å². The Hall–Kier alpha value is -7.88. The maximum Gasteiger partial charge on any atom is 0.163 e. The predicted molar refractivity (Wildman–Crippen MR) is 252 cm³/mol. The smallest absolute Gasteiger partial charge is 0.163 e. The average molecular weight is 794 g/mol. The number of anilines is 2. The molecule has 0 aromatic heterocycles. The first-order chi connectivity index (χ1) is 30.7. The molecule has 0 fully saturated rings. The van der Waals surface area contributed by atoms with Crippen LogP contribution in [0.5, 0.6) is 11.5 Å². The zero-order chi connectivity index (χ0) is 40.8. The van der Waals surface area contributed by atoms with Crippen LogP contribution in [0.15, 0.2) is 230 Å². The maximum absolute atomic E-state index is 7.03. The molecular formula is C59H39NO2. The lowest BCUT2D eigenvalue weighted by Crippen LogP contribution is -2.40. The second kappa shape index (κ2) is 13.6. The van der Waals surface area contributed by atoms with Crippen LogP contribution >= 0.6 is 0 Å². The minimum absolute atomic E-state index is 0.285. The summed E-state index contributed by atoms with van der Waals surface area (Å²) in [5.41, 5.74) is 17.7. The second-order valence-corrected chi connectivity index (χ2v) is 16.7. The van der Waals surface area contributed by atoms with Gasteiger partial charge in [0.05, 0.1) is 5.41 Å². The van der Waals surface area contributed by atoms with Crippen molar-refractivity contribution in [1.29, 1.82) is 0 Å². The summed E-state index contributed by atoms with van der Waals surface area (Å²) in [6.07, 6.45) is 5.97. The zero-order valence-corrected chi connectivity index (χ0v) is 33.8. The van der Waals surface area contributed by atoms with Crippen LogP contribution < -0.4 is 14.4 Å². The van der Waals surface area contributed by atoms with Crippen LogP contribution in [0.2, 0.25) is 0 Å². The first-order valence-electron chi connectivity index (χ1n) is 21.5. The fourth-order valence-electron chi connectivity index (χ4n) is 10.6. The molecule has 2 unspecified atom stereocenters.